The van der Waals surface area contributed by atoms with Crippen LogP contribution in [0.2, 0.25) is 5.02 Å². The van der Waals surface area contributed by atoms with Crippen LogP contribution in [0.25, 0.3) is 0 Å². The lowest BCUT2D eigenvalue weighted by Crippen LogP contribution is -2.38. The lowest BCUT2D eigenvalue weighted by molar-refractivity contribution is 0.169. The van der Waals surface area contributed by atoms with Gasteiger partial charge in [-0.05, 0) is 31.2 Å². The van der Waals surface area contributed by atoms with E-state index in [9.17, 15) is 0 Å². The van der Waals surface area contributed by atoms with Crippen LogP contribution in [0.3, 0.4) is 0 Å². The van der Waals surface area contributed by atoms with E-state index in [4.69, 9.17) is 26.9 Å². The van der Waals surface area contributed by atoms with Gasteiger partial charge in [-0.2, -0.15) is 0 Å². The van der Waals surface area contributed by atoms with Crippen molar-refractivity contribution in [3.63, 3.8) is 0 Å². The van der Waals surface area contributed by atoms with Gasteiger partial charge in [0.25, 0.3) is 0 Å². The molecule has 112 valence electrons. The smallest absolute Gasteiger partial charge is 0.123 e. The Bertz CT molecular complexity index is 592. The quantitative estimate of drug-likeness (QED) is 0.635. The topological polar surface area (TPSA) is 56.5 Å². The Kier molecular flexibility index (Phi) is 5.44. The Balaban J connectivity index is 2.20. The minimum atomic E-state index is -0.208. The zero-order valence-electron chi connectivity index (χ0n) is 12.0. The van der Waals surface area contributed by atoms with Crippen molar-refractivity contribution in [2.75, 3.05) is 7.11 Å². The number of hydrogen-bond donors (Lipinski definition) is 2. The van der Waals surface area contributed by atoms with Crippen LogP contribution in [-0.4, -0.2) is 13.2 Å². The SMILES string of the molecule is COc1ccccc1C(NN)C(C)Oc1cccc(Cl)c1. The van der Waals surface area contributed by atoms with Crippen LogP contribution >= 0.6 is 11.6 Å². The molecule has 0 bridgehead atoms. The van der Waals surface area contributed by atoms with Gasteiger partial charge >= 0.3 is 0 Å². The molecule has 0 aromatic heterocycles. The molecule has 21 heavy (non-hydrogen) atoms. The number of hydrazine groups is 1. The Hall–Kier alpha value is -1.75. The molecule has 2 aromatic carbocycles. The van der Waals surface area contributed by atoms with Crippen LogP contribution in [0, 0.1) is 0 Å². The van der Waals surface area contributed by atoms with E-state index >= 15 is 0 Å². The molecular weight excluding hydrogens is 288 g/mol. The van der Waals surface area contributed by atoms with Gasteiger partial charge in [-0.1, -0.05) is 35.9 Å². The van der Waals surface area contributed by atoms with Gasteiger partial charge in [0.1, 0.15) is 17.6 Å². The van der Waals surface area contributed by atoms with Gasteiger partial charge in [-0.15, -0.1) is 0 Å². The third kappa shape index (κ3) is 3.88. The number of halogens is 1. The van der Waals surface area contributed by atoms with Crippen LogP contribution < -0.4 is 20.7 Å². The molecule has 2 aromatic rings. The normalized spacial score (nSPS) is 13.5. The van der Waals surface area contributed by atoms with Gasteiger partial charge in [0.2, 0.25) is 0 Å². The van der Waals surface area contributed by atoms with E-state index < -0.39 is 0 Å². The maximum atomic E-state index is 5.97. The summed E-state index contributed by atoms with van der Waals surface area (Å²) in [6, 6.07) is 14.8. The Morgan fingerprint density at radius 2 is 1.90 bits per heavy atom. The van der Waals surface area contributed by atoms with Gasteiger partial charge in [-0.3, -0.25) is 5.84 Å². The number of hydrogen-bond acceptors (Lipinski definition) is 4. The van der Waals surface area contributed by atoms with Gasteiger partial charge in [0, 0.05) is 10.6 Å². The molecule has 0 spiro atoms. The summed E-state index contributed by atoms with van der Waals surface area (Å²) in [4.78, 5) is 0. The summed E-state index contributed by atoms with van der Waals surface area (Å²) < 4.78 is 11.3. The molecule has 0 heterocycles. The van der Waals surface area contributed by atoms with Gasteiger partial charge in [-0.25, -0.2) is 5.43 Å². The Morgan fingerprint density at radius 3 is 2.57 bits per heavy atom. The summed E-state index contributed by atoms with van der Waals surface area (Å²) in [7, 11) is 1.63. The zero-order valence-corrected chi connectivity index (χ0v) is 12.8. The first-order chi connectivity index (χ1) is 10.2. The third-order valence-corrected chi connectivity index (χ3v) is 3.48. The standard InChI is InChI=1S/C16H19ClN2O2/c1-11(21-13-7-5-6-12(17)10-13)16(19-18)14-8-3-4-9-15(14)20-2/h3-11,16,19H,18H2,1-2H3. The number of ether oxygens (including phenoxy) is 2. The van der Waals surface area contributed by atoms with Crippen molar-refractivity contribution >= 4 is 11.6 Å². The fourth-order valence-corrected chi connectivity index (χ4v) is 2.40. The minimum Gasteiger partial charge on any atom is -0.496 e. The highest BCUT2D eigenvalue weighted by Crippen LogP contribution is 2.29. The molecule has 0 saturated carbocycles. The third-order valence-electron chi connectivity index (χ3n) is 3.24. The first-order valence-corrected chi connectivity index (χ1v) is 7.04. The highest BCUT2D eigenvalue weighted by molar-refractivity contribution is 6.30. The van der Waals surface area contributed by atoms with Crippen molar-refractivity contribution < 1.29 is 9.47 Å². The van der Waals surface area contributed by atoms with E-state index in [2.05, 4.69) is 5.43 Å². The maximum Gasteiger partial charge on any atom is 0.123 e. The van der Waals surface area contributed by atoms with Gasteiger partial charge in [0.05, 0.1) is 13.2 Å². The molecule has 0 aliphatic carbocycles. The molecule has 2 atom stereocenters. The van der Waals surface area contributed by atoms with Crippen LogP contribution in [0.15, 0.2) is 48.5 Å². The van der Waals surface area contributed by atoms with E-state index in [1.807, 2.05) is 43.3 Å². The second-order valence-corrected chi connectivity index (χ2v) is 5.10. The predicted octanol–water partition coefficient (Wildman–Crippen LogP) is 3.32. The number of methoxy groups -OCH3 is 1. The zero-order chi connectivity index (χ0) is 15.2. The van der Waals surface area contributed by atoms with Crippen molar-refractivity contribution in [3.05, 3.63) is 59.1 Å². The molecular formula is C16H19ClN2O2. The summed E-state index contributed by atoms with van der Waals surface area (Å²) in [5.41, 5.74) is 3.73. The predicted molar refractivity (Wildman–Crippen MR) is 84.6 cm³/mol. The first-order valence-electron chi connectivity index (χ1n) is 6.67. The van der Waals surface area contributed by atoms with Crippen molar-refractivity contribution in [1.29, 1.82) is 0 Å². The second-order valence-electron chi connectivity index (χ2n) is 4.67. The molecule has 2 rings (SSSR count). The maximum absolute atomic E-state index is 5.97. The molecule has 3 N–H and O–H groups in total. The van der Waals surface area contributed by atoms with Crippen molar-refractivity contribution in [2.24, 2.45) is 5.84 Å². The van der Waals surface area contributed by atoms with Crippen LogP contribution in [-0.2, 0) is 0 Å². The Morgan fingerprint density at radius 1 is 1.14 bits per heavy atom. The fraction of sp³-hybridized carbons (Fsp3) is 0.250. The number of benzene rings is 2. The summed E-state index contributed by atoms with van der Waals surface area (Å²) in [6.07, 6.45) is -0.204. The summed E-state index contributed by atoms with van der Waals surface area (Å²) in [6.45, 7) is 1.94. The minimum absolute atomic E-state index is 0.204. The molecule has 0 amide bonds. The van der Waals surface area contributed by atoms with E-state index in [-0.39, 0.29) is 12.1 Å². The lowest BCUT2D eigenvalue weighted by atomic mass is 10.0. The summed E-state index contributed by atoms with van der Waals surface area (Å²) >= 11 is 5.97. The highest BCUT2D eigenvalue weighted by Gasteiger charge is 2.22. The van der Waals surface area contributed by atoms with E-state index in [1.54, 1.807) is 19.2 Å². The number of para-hydroxylation sites is 1. The number of nitrogens with two attached hydrogens (primary N) is 1. The number of nitrogens with one attached hydrogen (secondary N) is 1. The molecule has 0 aliphatic heterocycles. The number of rotatable bonds is 6. The van der Waals surface area contributed by atoms with E-state index in [0.717, 1.165) is 11.3 Å². The van der Waals surface area contributed by atoms with Gasteiger partial charge < -0.3 is 9.47 Å². The monoisotopic (exact) mass is 306 g/mol. The van der Waals surface area contributed by atoms with Gasteiger partial charge in [0.15, 0.2) is 0 Å². The molecule has 4 nitrogen and oxygen atoms in total. The average Bonchev–Trinajstić information content (AvgIpc) is 2.48. The average molecular weight is 307 g/mol. The first kappa shape index (κ1) is 15.6. The largest absolute Gasteiger partial charge is 0.496 e. The second kappa shape index (κ2) is 7.31. The summed E-state index contributed by atoms with van der Waals surface area (Å²) in [5, 5.41) is 0.634. The van der Waals surface area contributed by atoms with E-state index in [1.165, 1.54) is 0 Å². The molecule has 0 aliphatic rings. The molecule has 0 saturated heterocycles. The lowest BCUT2D eigenvalue weighted by Gasteiger charge is -2.26. The van der Waals surface area contributed by atoms with Crippen molar-refractivity contribution in [1.82, 2.24) is 5.43 Å². The van der Waals surface area contributed by atoms with Crippen LogP contribution in [0.1, 0.15) is 18.5 Å². The molecule has 2 unspecified atom stereocenters. The summed E-state index contributed by atoms with van der Waals surface area (Å²) in [5.74, 6) is 7.17. The molecule has 0 fully saturated rings. The molecule has 0 radical (unpaired) electrons. The van der Waals surface area contributed by atoms with E-state index in [0.29, 0.717) is 10.8 Å². The van der Waals surface area contributed by atoms with Crippen molar-refractivity contribution in [2.45, 2.75) is 19.1 Å². The fourth-order valence-electron chi connectivity index (χ4n) is 2.22. The Labute approximate surface area is 129 Å². The van der Waals surface area contributed by atoms with Crippen molar-refractivity contribution in [3.8, 4) is 11.5 Å². The highest BCUT2D eigenvalue weighted by atomic mass is 35.5. The molecule has 5 heteroatoms. The van der Waals surface area contributed by atoms with Crippen LogP contribution in [0.4, 0.5) is 0 Å². The van der Waals surface area contributed by atoms with Crippen LogP contribution in [0.5, 0.6) is 11.5 Å².